The number of hydrogen-bond donors (Lipinski definition) is 1. The lowest BCUT2D eigenvalue weighted by molar-refractivity contribution is 0.0100. The summed E-state index contributed by atoms with van der Waals surface area (Å²) in [5.41, 5.74) is -0.255. The largest absolute Gasteiger partial charge is 0.360 e. The van der Waals surface area contributed by atoms with Crippen molar-refractivity contribution in [1.29, 1.82) is 0 Å². The fourth-order valence-electron chi connectivity index (χ4n) is 0.995. The second kappa shape index (κ2) is 2.88. The van der Waals surface area contributed by atoms with Crippen LogP contribution < -0.4 is 5.32 Å². The van der Waals surface area contributed by atoms with Gasteiger partial charge in [0.25, 0.3) is 0 Å². The molecule has 0 aromatic rings. The van der Waals surface area contributed by atoms with Crippen LogP contribution in [0.4, 0.5) is 0 Å². The summed E-state index contributed by atoms with van der Waals surface area (Å²) in [6, 6.07) is 0. The van der Waals surface area contributed by atoms with E-state index in [4.69, 9.17) is 4.74 Å². The minimum absolute atomic E-state index is 0.255. The second-order valence-corrected chi connectivity index (χ2v) is 2.31. The number of hydrogen-bond acceptors (Lipinski definition) is 2. The van der Waals surface area contributed by atoms with E-state index in [2.05, 4.69) is 12.2 Å². The Morgan fingerprint density at radius 3 is 2.60 bits per heavy atom. The van der Waals surface area contributed by atoms with Crippen LogP contribution in [0.25, 0.3) is 0 Å². The summed E-state index contributed by atoms with van der Waals surface area (Å²) in [7, 11) is 1.71. The maximum atomic E-state index is 5.28. The van der Waals surface area contributed by atoms with Gasteiger partial charge in [-0.1, -0.05) is 13.0 Å². The van der Waals surface area contributed by atoms with E-state index >= 15 is 0 Å². The molecule has 0 amide bonds. The Hall–Kier alpha value is -0.760. The molecule has 1 heterocycles. The first-order valence-electron chi connectivity index (χ1n) is 3.50. The van der Waals surface area contributed by atoms with Crippen molar-refractivity contribution in [3.8, 4) is 0 Å². The molecule has 0 radical (unpaired) electrons. The van der Waals surface area contributed by atoms with Gasteiger partial charge in [-0.3, -0.25) is 0 Å². The Morgan fingerprint density at radius 2 is 2.30 bits per heavy atom. The molecule has 1 N–H and O–H groups in total. The van der Waals surface area contributed by atoms with Crippen molar-refractivity contribution in [2.24, 2.45) is 0 Å². The molecule has 0 aliphatic carbocycles. The van der Waals surface area contributed by atoms with Crippen LogP contribution in [0.3, 0.4) is 0 Å². The zero-order chi connectivity index (χ0) is 7.45. The standard InChI is InChI=1S/C8H13NO/c1-3-8(10-2)6-4-5-7-9-8/h4-7,9H,3H2,1-2H3. The topological polar surface area (TPSA) is 21.3 Å². The van der Waals surface area contributed by atoms with Crippen molar-refractivity contribution >= 4 is 0 Å². The van der Waals surface area contributed by atoms with Gasteiger partial charge in [0.05, 0.1) is 0 Å². The number of methoxy groups -OCH3 is 1. The van der Waals surface area contributed by atoms with E-state index in [-0.39, 0.29) is 5.72 Å². The lowest BCUT2D eigenvalue weighted by Crippen LogP contribution is -2.42. The monoisotopic (exact) mass is 139 g/mol. The van der Waals surface area contributed by atoms with Crippen LogP contribution in [-0.2, 0) is 4.74 Å². The molecule has 0 aromatic carbocycles. The van der Waals surface area contributed by atoms with E-state index in [1.807, 2.05) is 24.4 Å². The highest BCUT2D eigenvalue weighted by Crippen LogP contribution is 2.15. The smallest absolute Gasteiger partial charge is 0.157 e. The summed E-state index contributed by atoms with van der Waals surface area (Å²) >= 11 is 0. The van der Waals surface area contributed by atoms with Gasteiger partial charge >= 0.3 is 0 Å². The molecule has 1 unspecified atom stereocenters. The Labute approximate surface area is 61.6 Å². The zero-order valence-electron chi connectivity index (χ0n) is 6.42. The lowest BCUT2D eigenvalue weighted by Gasteiger charge is -2.29. The fourth-order valence-corrected chi connectivity index (χ4v) is 0.995. The number of ether oxygens (including phenoxy) is 1. The summed E-state index contributed by atoms with van der Waals surface area (Å²) in [5, 5.41) is 3.14. The van der Waals surface area contributed by atoms with E-state index in [0.29, 0.717) is 0 Å². The SMILES string of the molecule is CCC1(OC)C=CC=CN1. The summed E-state index contributed by atoms with van der Waals surface area (Å²) in [5.74, 6) is 0. The van der Waals surface area contributed by atoms with Gasteiger partial charge in [0.15, 0.2) is 5.72 Å². The average molecular weight is 139 g/mol. The van der Waals surface area contributed by atoms with Gasteiger partial charge in [-0.25, -0.2) is 0 Å². The molecule has 1 rings (SSSR count). The molecule has 2 nitrogen and oxygen atoms in total. The summed E-state index contributed by atoms with van der Waals surface area (Å²) in [4.78, 5) is 0. The predicted octanol–water partition coefficient (Wildman–Crippen LogP) is 1.41. The summed E-state index contributed by atoms with van der Waals surface area (Å²) in [6.45, 7) is 2.08. The van der Waals surface area contributed by atoms with Gasteiger partial charge in [0, 0.05) is 7.11 Å². The maximum Gasteiger partial charge on any atom is 0.157 e. The third kappa shape index (κ3) is 1.21. The molecular formula is C8H13NO. The molecule has 0 spiro atoms. The Morgan fingerprint density at radius 1 is 1.50 bits per heavy atom. The molecule has 2 heteroatoms. The van der Waals surface area contributed by atoms with E-state index in [9.17, 15) is 0 Å². The average Bonchev–Trinajstić information content (AvgIpc) is 2.06. The van der Waals surface area contributed by atoms with Gasteiger partial charge in [0.2, 0.25) is 0 Å². The fraction of sp³-hybridized carbons (Fsp3) is 0.500. The number of nitrogens with one attached hydrogen (secondary N) is 1. The van der Waals surface area contributed by atoms with Crippen molar-refractivity contribution in [3.63, 3.8) is 0 Å². The van der Waals surface area contributed by atoms with Gasteiger partial charge in [-0.15, -0.1) is 0 Å². The highest BCUT2D eigenvalue weighted by atomic mass is 16.5. The molecule has 0 bridgehead atoms. The number of dihydropyridines is 1. The Balaban J connectivity index is 2.66. The molecule has 0 aromatic heterocycles. The highest BCUT2D eigenvalue weighted by molar-refractivity contribution is 5.15. The first-order valence-corrected chi connectivity index (χ1v) is 3.50. The molecular weight excluding hydrogens is 126 g/mol. The number of rotatable bonds is 2. The van der Waals surface area contributed by atoms with Crippen LogP contribution in [0.1, 0.15) is 13.3 Å². The zero-order valence-corrected chi connectivity index (χ0v) is 6.42. The van der Waals surface area contributed by atoms with Crippen molar-refractivity contribution in [1.82, 2.24) is 5.32 Å². The molecule has 1 aliphatic rings. The van der Waals surface area contributed by atoms with E-state index in [0.717, 1.165) is 6.42 Å². The van der Waals surface area contributed by atoms with Crippen molar-refractivity contribution in [2.45, 2.75) is 19.1 Å². The molecule has 56 valence electrons. The third-order valence-corrected chi connectivity index (χ3v) is 1.79. The predicted molar refractivity (Wildman–Crippen MR) is 41.4 cm³/mol. The maximum absolute atomic E-state index is 5.28. The van der Waals surface area contributed by atoms with Crippen molar-refractivity contribution in [3.05, 3.63) is 24.4 Å². The molecule has 0 saturated heterocycles. The van der Waals surface area contributed by atoms with Crippen LogP contribution in [-0.4, -0.2) is 12.8 Å². The van der Waals surface area contributed by atoms with E-state index < -0.39 is 0 Å². The first-order chi connectivity index (χ1) is 4.83. The van der Waals surface area contributed by atoms with Crippen LogP contribution >= 0.6 is 0 Å². The van der Waals surface area contributed by atoms with Crippen LogP contribution in [0.15, 0.2) is 24.4 Å². The minimum Gasteiger partial charge on any atom is -0.360 e. The molecule has 0 saturated carbocycles. The molecule has 10 heavy (non-hydrogen) atoms. The van der Waals surface area contributed by atoms with E-state index in [1.54, 1.807) is 7.11 Å². The van der Waals surface area contributed by atoms with Gasteiger partial charge in [-0.2, -0.15) is 0 Å². The summed E-state index contributed by atoms with van der Waals surface area (Å²) < 4.78 is 5.28. The van der Waals surface area contributed by atoms with Gasteiger partial charge in [-0.05, 0) is 24.8 Å². The molecule has 1 atom stereocenters. The Bertz CT molecular complexity index is 157. The molecule has 1 aliphatic heterocycles. The van der Waals surface area contributed by atoms with Crippen molar-refractivity contribution in [2.75, 3.05) is 7.11 Å². The Kier molecular flexibility index (Phi) is 2.12. The third-order valence-electron chi connectivity index (χ3n) is 1.79. The van der Waals surface area contributed by atoms with Crippen LogP contribution in [0.5, 0.6) is 0 Å². The van der Waals surface area contributed by atoms with Gasteiger partial charge in [0.1, 0.15) is 0 Å². The summed E-state index contributed by atoms with van der Waals surface area (Å²) in [6.07, 6.45) is 8.79. The van der Waals surface area contributed by atoms with E-state index in [1.165, 1.54) is 0 Å². The van der Waals surface area contributed by atoms with Crippen LogP contribution in [0.2, 0.25) is 0 Å². The van der Waals surface area contributed by atoms with Crippen molar-refractivity contribution < 1.29 is 4.74 Å². The first kappa shape index (κ1) is 7.35. The highest BCUT2D eigenvalue weighted by Gasteiger charge is 2.22. The number of allylic oxidation sites excluding steroid dienone is 2. The normalized spacial score (nSPS) is 30.2. The lowest BCUT2D eigenvalue weighted by atomic mass is 10.1. The van der Waals surface area contributed by atoms with Gasteiger partial charge < -0.3 is 10.1 Å². The quantitative estimate of drug-likeness (QED) is 0.624. The minimum atomic E-state index is -0.255. The molecule has 0 fully saturated rings. The second-order valence-electron chi connectivity index (χ2n) is 2.31. The van der Waals surface area contributed by atoms with Crippen LogP contribution in [0, 0.1) is 0 Å².